The van der Waals surface area contributed by atoms with Crippen LogP contribution in [0, 0.1) is 6.20 Å². The molecule has 0 aliphatic carbocycles. The molecule has 1 N–H and O–H groups in total. The molecule has 0 saturated heterocycles. The lowest BCUT2D eigenvalue weighted by molar-refractivity contribution is 0.413. The van der Waals surface area contributed by atoms with Crippen LogP contribution in [0.4, 0.5) is 5.69 Å². The first-order valence-corrected chi connectivity index (χ1v) is 3.53. The molecule has 0 atom stereocenters. The van der Waals surface area contributed by atoms with Crippen LogP contribution in [-0.4, -0.2) is 18.6 Å². The van der Waals surface area contributed by atoms with Gasteiger partial charge < -0.3 is 10.1 Å². The molecule has 0 amide bonds. The highest BCUT2D eigenvalue weighted by Gasteiger charge is 1.98. The molecule has 1 rings (SSSR count). The number of methoxy groups -OCH3 is 1. The Bertz CT molecular complexity index is 225. The molecule has 1 radical (unpaired) electrons. The minimum atomic E-state index is 0.661. The van der Waals surface area contributed by atoms with Gasteiger partial charge in [0.15, 0.2) is 5.75 Å². The standard InChI is InChI=1S/C8H11N2O/c1-3-10-7-4-5-9-6-8(7)11-2/h4-5H,3H2,1-2H3,(H,9,10). The summed E-state index contributed by atoms with van der Waals surface area (Å²) in [5, 5.41) is 3.13. The van der Waals surface area contributed by atoms with Crippen molar-refractivity contribution in [2.24, 2.45) is 0 Å². The van der Waals surface area contributed by atoms with Crippen LogP contribution >= 0.6 is 0 Å². The van der Waals surface area contributed by atoms with Gasteiger partial charge >= 0.3 is 0 Å². The number of nitrogens with zero attached hydrogens (tertiary/aromatic N) is 1. The first-order valence-electron chi connectivity index (χ1n) is 3.53. The van der Waals surface area contributed by atoms with E-state index in [0.29, 0.717) is 5.75 Å². The zero-order valence-electron chi connectivity index (χ0n) is 6.72. The minimum absolute atomic E-state index is 0.661. The molecule has 0 aromatic carbocycles. The summed E-state index contributed by atoms with van der Waals surface area (Å²) in [7, 11) is 1.61. The molecule has 0 saturated carbocycles. The lowest BCUT2D eigenvalue weighted by Gasteiger charge is -2.06. The van der Waals surface area contributed by atoms with Crippen LogP contribution in [0.2, 0.25) is 0 Å². The summed E-state index contributed by atoms with van der Waals surface area (Å²) < 4.78 is 5.02. The van der Waals surface area contributed by atoms with Crippen LogP contribution in [0.1, 0.15) is 6.92 Å². The van der Waals surface area contributed by atoms with Crippen LogP contribution in [0.5, 0.6) is 5.75 Å². The van der Waals surface area contributed by atoms with Gasteiger partial charge in [0, 0.05) is 12.7 Å². The summed E-state index contributed by atoms with van der Waals surface area (Å²) in [5.74, 6) is 0.661. The number of hydrogen-bond donors (Lipinski definition) is 1. The molecule has 59 valence electrons. The summed E-state index contributed by atoms with van der Waals surface area (Å²) in [5.41, 5.74) is 0.935. The molecule has 1 aromatic heterocycles. The van der Waals surface area contributed by atoms with E-state index in [1.54, 1.807) is 13.3 Å². The van der Waals surface area contributed by atoms with E-state index in [4.69, 9.17) is 4.74 Å². The highest BCUT2D eigenvalue weighted by atomic mass is 16.5. The normalized spacial score (nSPS) is 9.27. The van der Waals surface area contributed by atoms with Crippen molar-refractivity contribution in [3.63, 3.8) is 0 Å². The van der Waals surface area contributed by atoms with Crippen molar-refractivity contribution in [3.05, 3.63) is 18.5 Å². The second-order valence-corrected chi connectivity index (χ2v) is 2.03. The Labute approximate surface area is 66.4 Å². The van der Waals surface area contributed by atoms with Gasteiger partial charge in [0.05, 0.1) is 12.8 Å². The number of nitrogens with one attached hydrogen (secondary N) is 1. The molecular weight excluding hydrogens is 140 g/mol. The maximum Gasteiger partial charge on any atom is 0.169 e. The second kappa shape index (κ2) is 3.81. The van der Waals surface area contributed by atoms with Gasteiger partial charge in [-0.05, 0) is 13.0 Å². The zero-order chi connectivity index (χ0) is 8.10. The number of ether oxygens (including phenoxy) is 1. The Balaban J connectivity index is 2.83. The van der Waals surface area contributed by atoms with E-state index in [1.165, 1.54) is 0 Å². The van der Waals surface area contributed by atoms with Crippen LogP contribution in [0.25, 0.3) is 0 Å². The molecule has 0 unspecified atom stereocenters. The summed E-state index contributed by atoms with van der Waals surface area (Å²) in [6.07, 6.45) is 4.42. The van der Waals surface area contributed by atoms with Crippen LogP contribution in [-0.2, 0) is 0 Å². The molecule has 0 spiro atoms. The van der Waals surface area contributed by atoms with E-state index in [2.05, 4.69) is 16.5 Å². The third kappa shape index (κ3) is 1.83. The van der Waals surface area contributed by atoms with Crippen molar-refractivity contribution in [3.8, 4) is 5.75 Å². The largest absolute Gasteiger partial charge is 0.492 e. The summed E-state index contributed by atoms with van der Waals surface area (Å²) in [4.78, 5) is 3.81. The van der Waals surface area contributed by atoms with Crippen molar-refractivity contribution in [1.29, 1.82) is 0 Å². The topological polar surface area (TPSA) is 34.2 Å². The molecule has 0 aliphatic rings. The number of anilines is 1. The lowest BCUT2D eigenvalue weighted by Crippen LogP contribution is -1.99. The Morgan fingerprint density at radius 3 is 3.18 bits per heavy atom. The first-order chi connectivity index (χ1) is 5.38. The quantitative estimate of drug-likeness (QED) is 0.707. The highest BCUT2D eigenvalue weighted by Crippen LogP contribution is 2.20. The third-order valence-corrected chi connectivity index (χ3v) is 1.30. The van der Waals surface area contributed by atoms with E-state index in [-0.39, 0.29) is 0 Å². The van der Waals surface area contributed by atoms with Gasteiger partial charge in [-0.3, -0.25) is 4.98 Å². The monoisotopic (exact) mass is 151 g/mol. The molecule has 0 bridgehead atoms. The average Bonchev–Trinajstić information content (AvgIpc) is 2.06. The first kappa shape index (κ1) is 7.85. The van der Waals surface area contributed by atoms with Crippen molar-refractivity contribution in [1.82, 2.24) is 4.98 Å². The van der Waals surface area contributed by atoms with E-state index < -0.39 is 0 Å². The van der Waals surface area contributed by atoms with Crippen LogP contribution in [0.15, 0.2) is 12.3 Å². The van der Waals surface area contributed by atoms with Crippen LogP contribution in [0.3, 0.4) is 0 Å². The van der Waals surface area contributed by atoms with Gasteiger partial charge in [-0.25, -0.2) is 0 Å². The summed E-state index contributed by atoms with van der Waals surface area (Å²) >= 11 is 0. The van der Waals surface area contributed by atoms with Crippen molar-refractivity contribution in [2.75, 3.05) is 19.0 Å². The molecule has 3 nitrogen and oxygen atoms in total. The smallest absolute Gasteiger partial charge is 0.169 e. The number of rotatable bonds is 3. The lowest BCUT2D eigenvalue weighted by atomic mass is 10.4. The SMILES string of the molecule is CCNc1ccn[c]c1OC. The molecular formula is C8H11N2O. The van der Waals surface area contributed by atoms with E-state index in [1.807, 2.05) is 13.0 Å². The predicted octanol–water partition coefficient (Wildman–Crippen LogP) is 1.32. The number of pyridine rings is 1. The summed E-state index contributed by atoms with van der Waals surface area (Å²) in [6.45, 7) is 2.90. The zero-order valence-corrected chi connectivity index (χ0v) is 6.72. The highest BCUT2D eigenvalue weighted by molar-refractivity contribution is 5.53. The third-order valence-electron chi connectivity index (χ3n) is 1.30. The molecule has 0 aliphatic heterocycles. The van der Waals surface area contributed by atoms with Gasteiger partial charge in [0.1, 0.15) is 6.20 Å². The molecule has 3 heteroatoms. The predicted molar refractivity (Wildman–Crippen MR) is 43.8 cm³/mol. The van der Waals surface area contributed by atoms with E-state index in [0.717, 1.165) is 12.2 Å². The summed E-state index contributed by atoms with van der Waals surface area (Å²) in [6, 6.07) is 1.86. The Hall–Kier alpha value is -1.25. The average molecular weight is 151 g/mol. The van der Waals surface area contributed by atoms with Crippen molar-refractivity contribution in [2.45, 2.75) is 6.92 Å². The molecule has 1 heterocycles. The van der Waals surface area contributed by atoms with Gasteiger partial charge in [0.25, 0.3) is 0 Å². The van der Waals surface area contributed by atoms with Gasteiger partial charge in [0.2, 0.25) is 0 Å². The van der Waals surface area contributed by atoms with Crippen LogP contribution < -0.4 is 10.1 Å². The Morgan fingerprint density at radius 1 is 1.73 bits per heavy atom. The van der Waals surface area contributed by atoms with Gasteiger partial charge in [-0.15, -0.1) is 0 Å². The van der Waals surface area contributed by atoms with Gasteiger partial charge in [-0.2, -0.15) is 0 Å². The van der Waals surface area contributed by atoms with Gasteiger partial charge in [-0.1, -0.05) is 0 Å². The Morgan fingerprint density at radius 2 is 2.55 bits per heavy atom. The van der Waals surface area contributed by atoms with E-state index >= 15 is 0 Å². The maximum atomic E-state index is 5.02. The minimum Gasteiger partial charge on any atom is -0.492 e. The molecule has 11 heavy (non-hydrogen) atoms. The molecule has 0 fully saturated rings. The van der Waals surface area contributed by atoms with Crippen molar-refractivity contribution < 1.29 is 4.74 Å². The fraction of sp³-hybridized carbons (Fsp3) is 0.375. The maximum absolute atomic E-state index is 5.02. The second-order valence-electron chi connectivity index (χ2n) is 2.03. The fourth-order valence-electron chi connectivity index (χ4n) is 0.829. The molecule has 1 aromatic rings. The number of aromatic nitrogens is 1. The fourth-order valence-corrected chi connectivity index (χ4v) is 0.829. The van der Waals surface area contributed by atoms with Crippen molar-refractivity contribution >= 4 is 5.69 Å². The Kier molecular flexibility index (Phi) is 2.72. The van der Waals surface area contributed by atoms with E-state index in [9.17, 15) is 0 Å². The number of hydrogen-bond acceptors (Lipinski definition) is 3.